The number of nitrogens with zero attached hydrogens (tertiary/aromatic N) is 1. The standard InChI is InChI=1S/C17H19FN2O3S/c1-13-10-15(18)8-9-16(13)24(22,23)19-11-17(21)20(2)12-14-6-4-3-5-7-14/h3-10,19H,11-12H2,1-2H3. The van der Waals surface area contributed by atoms with E-state index in [2.05, 4.69) is 4.72 Å². The Balaban J connectivity index is 1.99. The van der Waals surface area contributed by atoms with Crippen LogP contribution in [0.2, 0.25) is 0 Å². The van der Waals surface area contributed by atoms with Crippen molar-refractivity contribution < 1.29 is 17.6 Å². The summed E-state index contributed by atoms with van der Waals surface area (Å²) in [4.78, 5) is 13.5. The van der Waals surface area contributed by atoms with E-state index in [0.717, 1.165) is 17.7 Å². The number of halogens is 1. The highest BCUT2D eigenvalue weighted by Crippen LogP contribution is 2.15. The molecule has 0 bridgehead atoms. The van der Waals surface area contributed by atoms with Crippen molar-refractivity contribution in [2.45, 2.75) is 18.4 Å². The third kappa shape index (κ3) is 4.62. The molecular formula is C17H19FN2O3S. The van der Waals surface area contributed by atoms with Crippen molar-refractivity contribution in [3.8, 4) is 0 Å². The van der Waals surface area contributed by atoms with Crippen molar-refractivity contribution in [2.75, 3.05) is 13.6 Å². The molecule has 0 saturated heterocycles. The van der Waals surface area contributed by atoms with Crippen LogP contribution in [-0.4, -0.2) is 32.8 Å². The van der Waals surface area contributed by atoms with Crippen LogP contribution in [0.25, 0.3) is 0 Å². The molecule has 0 unspecified atom stereocenters. The van der Waals surface area contributed by atoms with Gasteiger partial charge in [-0.3, -0.25) is 4.79 Å². The second-order valence-electron chi connectivity index (χ2n) is 5.47. The zero-order chi connectivity index (χ0) is 17.7. The van der Waals surface area contributed by atoms with Crippen molar-refractivity contribution in [2.24, 2.45) is 0 Å². The predicted molar refractivity (Wildman–Crippen MR) is 89.2 cm³/mol. The van der Waals surface area contributed by atoms with Gasteiger partial charge in [-0.2, -0.15) is 0 Å². The van der Waals surface area contributed by atoms with Gasteiger partial charge in [0.1, 0.15) is 5.82 Å². The Morgan fingerprint density at radius 1 is 1.17 bits per heavy atom. The van der Waals surface area contributed by atoms with E-state index in [1.54, 1.807) is 7.05 Å². The maximum absolute atomic E-state index is 13.1. The third-order valence-electron chi connectivity index (χ3n) is 3.53. The van der Waals surface area contributed by atoms with Crippen LogP contribution in [0.4, 0.5) is 4.39 Å². The van der Waals surface area contributed by atoms with E-state index in [9.17, 15) is 17.6 Å². The number of rotatable bonds is 6. The molecule has 2 rings (SSSR count). The van der Waals surface area contributed by atoms with Crippen LogP contribution in [0, 0.1) is 12.7 Å². The minimum Gasteiger partial charge on any atom is -0.340 e. The van der Waals surface area contributed by atoms with Gasteiger partial charge in [0.15, 0.2) is 0 Å². The zero-order valence-corrected chi connectivity index (χ0v) is 14.3. The molecule has 0 atom stereocenters. The van der Waals surface area contributed by atoms with Gasteiger partial charge < -0.3 is 4.90 Å². The molecule has 1 amide bonds. The number of aryl methyl sites for hydroxylation is 1. The number of carbonyl (C=O) groups excluding carboxylic acids is 1. The molecule has 0 aromatic heterocycles. The molecule has 0 heterocycles. The van der Waals surface area contributed by atoms with E-state index in [1.165, 1.54) is 17.9 Å². The first kappa shape index (κ1) is 18.1. The number of amides is 1. The summed E-state index contributed by atoms with van der Waals surface area (Å²) in [5, 5.41) is 0. The van der Waals surface area contributed by atoms with E-state index >= 15 is 0 Å². The lowest BCUT2D eigenvalue weighted by Gasteiger charge is -2.18. The molecule has 0 aliphatic rings. The second-order valence-corrected chi connectivity index (χ2v) is 7.21. The van der Waals surface area contributed by atoms with Gasteiger partial charge in [0.2, 0.25) is 15.9 Å². The van der Waals surface area contributed by atoms with Gasteiger partial charge in [0.05, 0.1) is 11.4 Å². The quantitative estimate of drug-likeness (QED) is 0.867. The Hall–Kier alpha value is -2.25. The number of benzene rings is 2. The van der Waals surface area contributed by atoms with Crippen LogP contribution in [0.5, 0.6) is 0 Å². The van der Waals surface area contributed by atoms with Gasteiger partial charge in [0.25, 0.3) is 0 Å². The normalized spacial score (nSPS) is 11.3. The van der Waals surface area contributed by atoms with E-state index < -0.39 is 15.8 Å². The molecule has 0 aliphatic heterocycles. The molecule has 0 radical (unpaired) electrons. The first-order valence-electron chi connectivity index (χ1n) is 7.33. The summed E-state index contributed by atoms with van der Waals surface area (Å²) in [5.74, 6) is -0.868. The first-order chi connectivity index (χ1) is 11.3. The van der Waals surface area contributed by atoms with E-state index in [1.807, 2.05) is 30.3 Å². The molecule has 2 aromatic rings. The van der Waals surface area contributed by atoms with Crippen LogP contribution >= 0.6 is 0 Å². The summed E-state index contributed by atoms with van der Waals surface area (Å²) in [6, 6.07) is 12.8. The molecular weight excluding hydrogens is 331 g/mol. The summed E-state index contributed by atoms with van der Waals surface area (Å²) < 4.78 is 39.8. The molecule has 0 aliphatic carbocycles. The molecule has 2 aromatic carbocycles. The fourth-order valence-corrected chi connectivity index (χ4v) is 3.43. The topological polar surface area (TPSA) is 66.5 Å². The smallest absolute Gasteiger partial charge is 0.241 e. The summed E-state index contributed by atoms with van der Waals surface area (Å²) in [7, 11) is -2.27. The Morgan fingerprint density at radius 3 is 2.46 bits per heavy atom. The van der Waals surface area contributed by atoms with Gasteiger partial charge in [-0.25, -0.2) is 17.5 Å². The van der Waals surface area contributed by atoms with Crippen LogP contribution in [0.3, 0.4) is 0 Å². The number of carbonyl (C=O) groups is 1. The van der Waals surface area contributed by atoms with Gasteiger partial charge in [0, 0.05) is 13.6 Å². The number of sulfonamides is 1. The lowest BCUT2D eigenvalue weighted by Crippen LogP contribution is -2.38. The number of hydrogen-bond donors (Lipinski definition) is 1. The maximum atomic E-state index is 13.1. The predicted octanol–water partition coefficient (Wildman–Crippen LogP) is 2.07. The van der Waals surface area contributed by atoms with Gasteiger partial charge in [-0.1, -0.05) is 30.3 Å². The Labute approximate surface area is 141 Å². The van der Waals surface area contributed by atoms with E-state index in [-0.39, 0.29) is 22.9 Å². The highest BCUT2D eigenvalue weighted by molar-refractivity contribution is 7.89. The van der Waals surface area contributed by atoms with Crippen LogP contribution in [0.15, 0.2) is 53.4 Å². The zero-order valence-electron chi connectivity index (χ0n) is 13.5. The minimum atomic E-state index is -3.87. The Morgan fingerprint density at radius 2 is 1.83 bits per heavy atom. The fraction of sp³-hybridized carbons (Fsp3) is 0.235. The summed E-state index contributed by atoms with van der Waals surface area (Å²) in [5.41, 5.74) is 1.23. The fourth-order valence-electron chi connectivity index (χ4n) is 2.23. The lowest BCUT2D eigenvalue weighted by atomic mass is 10.2. The molecule has 5 nitrogen and oxygen atoms in total. The highest BCUT2D eigenvalue weighted by Gasteiger charge is 2.19. The van der Waals surface area contributed by atoms with Gasteiger partial charge in [-0.05, 0) is 36.2 Å². The molecule has 128 valence electrons. The number of hydrogen-bond acceptors (Lipinski definition) is 3. The summed E-state index contributed by atoms with van der Waals surface area (Å²) in [6.07, 6.45) is 0. The average molecular weight is 350 g/mol. The van der Waals surface area contributed by atoms with Gasteiger partial charge in [-0.15, -0.1) is 0 Å². The van der Waals surface area contributed by atoms with Crippen molar-refractivity contribution >= 4 is 15.9 Å². The van der Waals surface area contributed by atoms with Crippen LogP contribution < -0.4 is 4.72 Å². The molecule has 1 N–H and O–H groups in total. The van der Waals surface area contributed by atoms with Gasteiger partial charge >= 0.3 is 0 Å². The Bertz CT molecular complexity index is 823. The average Bonchev–Trinajstić information content (AvgIpc) is 2.53. The molecule has 0 spiro atoms. The molecule has 0 saturated carbocycles. The molecule has 0 fully saturated rings. The SMILES string of the molecule is Cc1cc(F)ccc1S(=O)(=O)NCC(=O)N(C)Cc1ccccc1. The summed E-state index contributed by atoms with van der Waals surface area (Å²) >= 11 is 0. The van der Waals surface area contributed by atoms with Crippen molar-refractivity contribution in [3.63, 3.8) is 0 Å². The first-order valence-corrected chi connectivity index (χ1v) is 8.81. The second kappa shape index (κ2) is 7.55. The van der Waals surface area contributed by atoms with Crippen molar-refractivity contribution in [1.82, 2.24) is 9.62 Å². The number of nitrogens with one attached hydrogen (secondary N) is 1. The van der Waals surface area contributed by atoms with Crippen molar-refractivity contribution in [3.05, 3.63) is 65.5 Å². The summed E-state index contributed by atoms with van der Waals surface area (Å²) in [6.45, 7) is 1.53. The molecule has 7 heteroatoms. The van der Waals surface area contributed by atoms with Crippen LogP contribution in [0.1, 0.15) is 11.1 Å². The molecule has 24 heavy (non-hydrogen) atoms. The van der Waals surface area contributed by atoms with Crippen molar-refractivity contribution in [1.29, 1.82) is 0 Å². The monoisotopic (exact) mass is 350 g/mol. The largest absolute Gasteiger partial charge is 0.340 e. The lowest BCUT2D eigenvalue weighted by molar-refractivity contribution is -0.129. The highest BCUT2D eigenvalue weighted by atomic mass is 32.2. The Kier molecular flexibility index (Phi) is 5.69. The van der Waals surface area contributed by atoms with E-state index in [0.29, 0.717) is 6.54 Å². The van der Waals surface area contributed by atoms with Crippen LogP contribution in [-0.2, 0) is 21.4 Å². The number of likely N-dealkylation sites (N-methyl/N-ethyl adjacent to an activating group) is 1. The third-order valence-corrected chi connectivity index (χ3v) is 5.09. The minimum absolute atomic E-state index is 0.0394. The maximum Gasteiger partial charge on any atom is 0.241 e. The van der Waals surface area contributed by atoms with E-state index in [4.69, 9.17) is 0 Å².